The third-order valence-electron chi connectivity index (χ3n) is 6.46. The zero-order valence-corrected chi connectivity index (χ0v) is 24.3. The third-order valence-corrected chi connectivity index (χ3v) is 8.17. The number of carbonyl (C=O) groups excluding carboxylic acids is 2. The van der Waals surface area contributed by atoms with E-state index in [4.69, 9.17) is 23.2 Å². The Kier molecular flexibility index (Phi) is 10.0. The maximum atomic E-state index is 13.9. The van der Waals surface area contributed by atoms with Gasteiger partial charge in [-0.1, -0.05) is 79.5 Å². The Bertz CT molecular complexity index is 1410. The van der Waals surface area contributed by atoms with Crippen molar-refractivity contribution in [1.82, 2.24) is 10.2 Å². The molecule has 0 bridgehead atoms. The molecule has 0 unspecified atom stereocenters. The average molecular weight is 579 g/mol. The number of fused-ring (bicyclic) bond motifs is 1. The number of nitrogens with one attached hydrogen (secondary N) is 1. The number of halogens is 2. The zero-order chi connectivity index (χ0) is 28.0. The SMILES string of the molecule is CC[C@H](C(=O)N[C@@H](C)CC)N(Cc1ccc(Cl)cc1Cl)C(=O)CN(c1cccc2ccccc12)S(C)(=O)=O. The van der Waals surface area contributed by atoms with Gasteiger partial charge in [0.05, 0.1) is 11.9 Å². The molecule has 0 heterocycles. The van der Waals surface area contributed by atoms with E-state index in [1.807, 2.05) is 51.1 Å². The summed E-state index contributed by atoms with van der Waals surface area (Å²) in [7, 11) is -3.86. The van der Waals surface area contributed by atoms with Crippen molar-refractivity contribution in [3.8, 4) is 0 Å². The van der Waals surface area contributed by atoms with Crippen LogP contribution in [-0.4, -0.2) is 50.0 Å². The van der Waals surface area contributed by atoms with Gasteiger partial charge in [0.15, 0.2) is 0 Å². The number of rotatable bonds is 11. The summed E-state index contributed by atoms with van der Waals surface area (Å²) in [5, 5.41) is 5.28. The number of hydrogen-bond acceptors (Lipinski definition) is 4. The summed E-state index contributed by atoms with van der Waals surface area (Å²) < 4.78 is 27.1. The largest absolute Gasteiger partial charge is 0.352 e. The fourth-order valence-electron chi connectivity index (χ4n) is 4.21. The molecule has 0 aliphatic carbocycles. The van der Waals surface area contributed by atoms with E-state index in [0.29, 0.717) is 33.1 Å². The molecule has 3 rings (SSSR count). The number of sulfonamides is 1. The number of hydrogen-bond donors (Lipinski definition) is 1. The van der Waals surface area contributed by atoms with Crippen LogP contribution in [0.5, 0.6) is 0 Å². The molecule has 7 nitrogen and oxygen atoms in total. The van der Waals surface area contributed by atoms with Gasteiger partial charge < -0.3 is 10.2 Å². The number of amides is 2. The molecule has 0 aliphatic heterocycles. The summed E-state index contributed by atoms with van der Waals surface area (Å²) in [6, 6.07) is 16.7. The zero-order valence-electron chi connectivity index (χ0n) is 21.9. The Morgan fingerprint density at radius 1 is 0.974 bits per heavy atom. The smallest absolute Gasteiger partial charge is 0.244 e. The predicted octanol–water partition coefficient (Wildman–Crippen LogP) is 5.63. The van der Waals surface area contributed by atoms with Crippen LogP contribution in [0.15, 0.2) is 60.7 Å². The Labute approximate surface area is 234 Å². The van der Waals surface area contributed by atoms with Gasteiger partial charge in [-0.15, -0.1) is 0 Å². The molecule has 0 aromatic heterocycles. The highest BCUT2D eigenvalue weighted by Crippen LogP contribution is 2.29. The summed E-state index contributed by atoms with van der Waals surface area (Å²) in [5.41, 5.74) is 0.982. The van der Waals surface area contributed by atoms with Crippen LogP contribution in [0.1, 0.15) is 39.2 Å². The first-order chi connectivity index (χ1) is 18.0. The second kappa shape index (κ2) is 12.8. The molecule has 10 heteroatoms. The maximum Gasteiger partial charge on any atom is 0.244 e. The van der Waals surface area contributed by atoms with E-state index < -0.39 is 28.5 Å². The lowest BCUT2D eigenvalue weighted by molar-refractivity contribution is -0.140. The molecule has 0 fully saturated rings. The molecule has 0 radical (unpaired) electrons. The topological polar surface area (TPSA) is 86.8 Å². The highest BCUT2D eigenvalue weighted by Gasteiger charge is 2.32. The molecular formula is C28H33Cl2N3O4S. The van der Waals surface area contributed by atoms with Gasteiger partial charge in [0.2, 0.25) is 21.8 Å². The summed E-state index contributed by atoms with van der Waals surface area (Å²) in [5.74, 6) is -0.836. The Balaban J connectivity index is 2.05. The molecule has 0 aliphatic rings. The van der Waals surface area contributed by atoms with Crippen LogP contribution in [0.3, 0.4) is 0 Å². The van der Waals surface area contributed by atoms with Gasteiger partial charge in [-0.3, -0.25) is 13.9 Å². The third kappa shape index (κ3) is 7.18. The lowest BCUT2D eigenvalue weighted by atomic mass is 10.1. The summed E-state index contributed by atoms with van der Waals surface area (Å²) in [6.07, 6.45) is 2.11. The van der Waals surface area contributed by atoms with Crippen LogP contribution in [-0.2, 0) is 26.2 Å². The number of nitrogens with zero attached hydrogens (tertiary/aromatic N) is 2. The van der Waals surface area contributed by atoms with Crippen molar-refractivity contribution in [2.45, 2.75) is 52.2 Å². The Hall–Kier alpha value is -2.81. The van der Waals surface area contributed by atoms with Crippen LogP contribution in [0.2, 0.25) is 10.0 Å². The molecule has 2 atom stereocenters. The van der Waals surface area contributed by atoms with Gasteiger partial charge in [-0.25, -0.2) is 8.42 Å². The number of benzene rings is 3. The highest BCUT2D eigenvalue weighted by atomic mass is 35.5. The van der Waals surface area contributed by atoms with Gasteiger partial charge in [0, 0.05) is 28.0 Å². The molecule has 0 saturated carbocycles. The Morgan fingerprint density at radius 2 is 1.66 bits per heavy atom. The van der Waals surface area contributed by atoms with Crippen LogP contribution in [0.25, 0.3) is 10.8 Å². The minimum absolute atomic E-state index is 0.00834. The van der Waals surface area contributed by atoms with Crippen molar-refractivity contribution in [2.24, 2.45) is 0 Å². The molecule has 2 amide bonds. The second-order valence-electron chi connectivity index (χ2n) is 9.27. The van der Waals surface area contributed by atoms with Gasteiger partial charge in [0.25, 0.3) is 0 Å². The van der Waals surface area contributed by atoms with Gasteiger partial charge >= 0.3 is 0 Å². The highest BCUT2D eigenvalue weighted by molar-refractivity contribution is 7.92. The van der Waals surface area contributed by atoms with Crippen molar-refractivity contribution in [3.05, 3.63) is 76.3 Å². The van der Waals surface area contributed by atoms with Crippen molar-refractivity contribution in [3.63, 3.8) is 0 Å². The van der Waals surface area contributed by atoms with E-state index in [1.165, 1.54) is 4.90 Å². The van der Waals surface area contributed by atoms with Gasteiger partial charge in [-0.05, 0) is 48.9 Å². The first-order valence-electron chi connectivity index (χ1n) is 12.5. The molecule has 3 aromatic carbocycles. The first-order valence-corrected chi connectivity index (χ1v) is 15.1. The number of carbonyl (C=O) groups is 2. The fourth-order valence-corrected chi connectivity index (χ4v) is 5.54. The standard InChI is InChI=1S/C28H33Cl2N3O4S/c1-5-19(3)31-28(35)25(6-2)32(17-21-14-15-22(29)16-24(21)30)27(34)18-33(38(4,36)37)26-13-9-11-20-10-7-8-12-23(20)26/h7-16,19,25H,5-6,17-18H2,1-4H3,(H,31,35)/t19-,25+/m0/s1. The van der Waals surface area contributed by atoms with Crippen molar-refractivity contribution < 1.29 is 18.0 Å². The van der Waals surface area contributed by atoms with Crippen LogP contribution >= 0.6 is 23.2 Å². The quantitative estimate of drug-likeness (QED) is 0.319. The van der Waals surface area contributed by atoms with Crippen molar-refractivity contribution >= 4 is 61.5 Å². The van der Waals surface area contributed by atoms with Gasteiger partial charge in [0.1, 0.15) is 12.6 Å². The predicted molar refractivity (Wildman–Crippen MR) is 155 cm³/mol. The number of anilines is 1. The molecule has 1 N–H and O–H groups in total. The minimum atomic E-state index is -3.86. The first kappa shape index (κ1) is 29.7. The van der Waals surface area contributed by atoms with Crippen molar-refractivity contribution in [2.75, 3.05) is 17.1 Å². The molecular weight excluding hydrogens is 545 g/mol. The van der Waals surface area contributed by atoms with Crippen LogP contribution < -0.4 is 9.62 Å². The minimum Gasteiger partial charge on any atom is -0.352 e. The normalized spacial score (nSPS) is 13.1. The van der Waals surface area contributed by atoms with Gasteiger partial charge in [-0.2, -0.15) is 0 Å². The van der Waals surface area contributed by atoms with E-state index in [2.05, 4.69) is 5.32 Å². The fraction of sp³-hybridized carbons (Fsp3) is 0.357. The maximum absolute atomic E-state index is 13.9. The van der Waals surface area contributed by atoms with E-state index in [0.717, 1.165) is 22.4 Å². The van der Waals surface area contributed by atoms with E-state index >= 15 is 0 Å². The molecule has 0 saturated heterocycles. The lowest BCUT2D eigenvalue weighted by Crippen LogP contribution is -2.53. The summed E-state index contributed by atoms with van der Waals surface area (Å²) in [6.45, 7) is 5.18. The summed E-state index contributed by atoms with van der Waals surface area (Å²) in [4.78, 5) is 28.6. The Morgan fingerprint density at radius 3 is 2.29 bits per heavy atom. The lowest BCUT2D eigenvalue weighted by Gasteiger charge is -2.33. The van der Waals surface area contributed by atoms with E-state index in [9.17, 15) is 18.0 Å². The monoisotopic (exact) mass is 577 g/mol. The molecule has 38 heavy (non-hydrogen) atoms. The molecule has 0 spiro atoms. The van der Waals surface area contributed by atoms with Crippen LogP contribution in [0, 0.1) is 0 Å². The van der Waals surface area contributed by atoms with E-state index in [-0.39, 0.29) is 18.5 Å². The average Bonchev–Trinajstić information content (AvgIpc) is 2.87. The second-order valence-corrected chi connectivity index (χ2v) is 12.0. The molecule has 3 aromatic rings. The summed E-state index contributed by atoms with van der Waals surface area (Å²) >= 11 is 12.5. The molecule has 204 valence electrons. The van der Waals surface area contributed by atoms with E-state index in [1.54, 1.807) is 30.3 Å². The van der Waals surface area contributed by atoms with Crippen molar-refractivity contribution in [1.29, 1.82) is 0 Å². The van der Waals surface area contributed by atoms with Crippen LogP contribution in [0.4, 0.5) is 5.69 Å².